The van der Waals surface area contributed by atoms with Crippen LogP contribution in [-0.4, -0.2) is 24.8 Å². The molecule has 142 valence electrons. The summed E-state index contributed by atoms with van der Waals surface area (Å²) in [5.74, 6) is 2.26. The molecule has 4 saturated carbocycles. The lowest BCUT2D eigenvalue weighted by Gasteiger charge is -2.55. The van der Waals surface area contributed by atoms with Crippen LogP contribution in [0.1, 0.15) is 37.7 Å². The number of alkyl halides is 4. The first-order chi connectivity index (χ1) is 12.3. The molecular formula is C20H22ClF3O2. The zero-order chi connectivity index (χ0) is 18.5. The van der Waals surface area contributed by atoms with Crippen molar-refractivity contribution in [3.8, 4) is 11.5 Å². The van der Waals surface area contributed by atoms with Crippen LogP contribution in [-0.2, 0) is 0 Å². The molecule has 26 heavy (non-hydrogen) atoms. The van der Waals surface area contributed by atoms with Gasteiger partial charge in [0.15, 0.2) is 6.61 Å². The lowest BCUT2D eigenvalue weighted by Crippen LogP contribution is -2.48. The smallest absolute Gasteiger partial charge is 0.422 e. The van der Waals surface area contributed by atoms with Crippen LogP contribution in [0, 0.1) is 17.8 Å². The van der Waals surface area contributed by atoms with Crippen molar-refractivity contribution in [2.75, 3.05) is 13.7 Å². The molecule has 1 aromatic rings. The van der Waals surface area contributed by atoms with Crippen molar-refractivity contribution in [1.82, 2.24) is 0 Å². The highest BCUT2D eigenvalue weighted by atomic mass is 35.5. The van der Waals surface area contributed by atoms with Gasteiger partial charge in [-0.15, -0.1) is 11.6 Å². The maximum absolute atomic E-state index is 12.6. The molecule has 0 saturated heterocycles. The number of halogens is 4. The van der Waals surface area contributed by atoms with Crippen LogP contribution >= 0.6 is 11.6 Å². The van der Waals surface area contributed by atoms with Crippen LogP contribution in [0.25, 0.3) is 6.08 Å². The molecular weight excluding hydrogens is 365 g/mol. The number of hydrogen-bond donors (Lipinski definition) is 0. The topological polar surface area (TPSA) is 18.5 Å². The quantitative estimate of drug-likeness (QED) is 0.605. The van der Waals surface area contributed by atoms with Gasteiger partial charge in [-0.2, -0.15) is 13.2 Å². The normalized spacial score (nSPS) is 32.7. The summed E-state index contributed by atoms with van der Waals surface area (Å²) in [4.78, 5) is -0.0791. The second-order valence-electron chi connectivity index (χ2n) is 7.91. The highest BCUT2D eigenvalue weighted by Gasteiger charge is 2.52. The van der Waals surface area contributed by atoms with Gasteiger partial charge in [0, 0.05) is 4.87 Å². The molecule has 0 aliphatic heterocycles. The summed E-state index contributed by atoms with van der Waals surface area (Å²) in [5.41, 5.74) is 1.91. The number of allylic oxidation sites excluding steroid dienone is 1. The van der Waals surface area contributed by atoms with Crippen LogP contribution in [0.2, 0.25) is 0 Å². The second-order valence-corrected chi connectivity index (χ2v) is 8.72. The molecule has 5 rings (SSSR count). The van der Waals surface area contributed by atoms with Crippen LogP contribution in [0.4, 0.5) is 13.2 Å². The number of rotatable bonds is 4. The Morgan fingerprint density at radius 3 is 2.38 bits per heavy atom. The molecule has 0 amide bonds. The van der Waals surface area contributed by atoms with Crippen molar-refractivity contribution in [3.63, 3.8) is 0 Å². The van der Waals surface area contributed by atoms with Gasteiger partial charge >= 0.3 is 6.18 Å². The van der Waals surface area contributed by atoms with Crippen molar-refractivity contribution < 1.29 is 22.6 Å². The molecule has 6 heteroatoms. The average Bonchev–Trinajstić information content (AvgIpc) is 2.54. The standard InChI is InChI=1S/C20H22ClF3O2/c1-25-17-3-2-4-18(26-11-20(22,23)24)16(17)7-15-13-5-12-6-14(15)10-19(21,8-12)9-13/h2-4,7,12-14H,5-6,8-11H2,1H3. The minimum absolute atomic E-state index is 0.0791. The fraction of sp³-hybridized carbons (Fsp3) is 0.600. The van der Waals surface area contributed by atoms with E-state index < -0.39 is 12.8 Å². The van der Waals surface area contributed by atoms with Crippen molar-refractivity contribution >= 4 is 17.7 Å². The van der Waals surface area contributed by atoms with E-state index in [0.29, 0.717) is 29.1 Å². The molecule has 2 atom stereocenters. The van der Waals surface area contributed by atoms with Gasteiger partial charge in [-0.25, -0.2) is 0 Å². The highest BCUT2D eigenvalue weighted by molar-refractivity contribution is 6.24. The molecule has 4 fully saturated rings. The van der Waals surface area contributed by atoms with Gasteiger partial charge in [-0.3, -0.25) is 0 Å². The van der Waals surface area contributed by atoms with E-state index >= 15 is 0 Å². The van der Waals surface area contributed by atoms with Gasteiger partial charge in [0.05, 0.1) is 12.7 Å². The lowest BCUT2D eigenvalue weighted by atomic mass is 9.53. The van der Waals surface area contributed by atoms with Gasteiger partial charge < -0.3 is 9.47 Å². The highest BCUT2D eigenvalue weighted by Crippen LogP contribution is 2.61. The zero-order valence-corrected chi connectivity index (χ0v) is 15.4. The fourth-order valence-electron chi connectivity index (χ4n) is 5.26. The van der Waals surface area contributed by atoms with Gasteiger partial charge in [-0.1, -0.05) is 11.6 Å². The summed E-state index contributed by atoms with van der Waals surface area (Å²) in [7, 11) is 1.52. The van der Waals surface area contributed by atoms with E-state index in [1.165, 1.54) is 12.7 Å². The third kappa shape index (κ3) is 3.42. The zero-order valence-electron chi connectivity index (χ0n) is 14.6. The van der Waals surface area contributed by atoms with E-state index in [1.807, 2.05) is 6.08 Å². The Bertz CT molecular complexity index is 710. The van der Waals surface area contributed by atoms with E-state index in [4.69, 9.17) is 21.1 Å². The second kappa shape index (κ2) is 6.36. The first-order valence-corrected chi connectivity index (χ1v) is 9.41. The Kier molecular flexibility index (Phi) is 4.41. The van der Waals surface area contributed by atoms with Gasteiger partial charge in [-0.05, 0) is 68.1 Å². The molecule has 4 aliphatic carbocycles. The minimum atomic E-state index is -4.37. The SMILES string of the molecule is COc1cccc(OCC(F)(F)F)c1C=C1C2CC3CC1CC(Cl)(C3)C2. The van der Waals surface area contributed by atoms with Gasteiger partial charge in [0.2, 0.25) is 0 Å². The number of benzene rings is 1. The Hall–Kier alpha value is -1.36. The van der Waals surface area contributed by atoms with Crippen LogP contribution in [0.15, 0.2) is 23.8 Å². The monoisotopic (exact) mass is 386 g/mol. The number of methoxy groups -OCH3 is 1. The van der Waals surface area contributed by atoms with Crippen LogP contribution in [0.5, 0.6) is 11.5 Å². The van der Waals surface area contributed by atoms with E-state index in [2.05, 4.69) is 0 Å². The van der Waals surface area contributed by atoms with Crippen molar-refractivity contribution in [1.29, 1.82) is 0 Å². The molecule has 0 radical (unpaired) electrons. The lowest BCUT2D eigenvalue weighted by molar-refractivity contribution is -0.153. The maximum Gasteiger partial charge on any atom is 0.422 e. The maximum atomic E-state index is 12.6. The molecule has 2 nitrogen and oxygen atoms in total. The molecule has 0 N–H and O–H groups in total. The molecule has 4 aliphatic rings. The summed E-state index contributed by atoms with van der Waals surface area (Å²) in [6, 6.07) is 4.98. The third-order valence-corrected chi connectivity index (χ3v) is 6.47. The molecule has 1 aromatic carbocycles. The molecule has 0 heterocycles. The van der Waals surface area contributed by atoms with Gasteiger partial charge in [0.1, 0.15) is 11.5 Å². The summed E-state index contributed by atoms with van der Waals surface area (Å²) < 4.78 is 48.3. The molecule has 4 bridgehead atoms. The van der Waals surface area contributed by atoms with Crippen LogP contribution in [0.3, 0.4) is 0 Å². The first-order valence-electron chi connectivity index (χ1n) is 9.03. The average molecular weight is 387 g/mol. The Morgan fingerprint density at radius 2 is 1.81 bits per heavy atom. The molecule has 0 aromatic heterocycles. The van der Waals surface area contributed by atoms with Crippen molar-refractivity contribution in [2.45, 2.75) is 43.2 Å². The van der Waals surface area contributed by atoms with Crippen LogP contribution < -0.4 is 9.47 Å². The minimum Gasteiger partial charge on any atom is -0.496 e. The van der Waals surface area contributed by atoms with Crippen molar-refractivity contribution in [2.24, 2.45) is 17.8 Å². The molecule has 2 unspecified atom stereocenters. The van der Waals surface area contributed by atoms with E-state index in [1.54, 1.807) is 18.2 Å². The Labute approximate surface area is 156 Å². The summed E-state index contributed by atoms with van der Waals surface area (Å²) in [5, 5.41) is 0. The van der Waals surface area contributed by atoms with Crippen molar-refractivity contribution in [3.05, 3.63) is 29.3 Å². The predicted octanol–water partition coefficient (Wildman–Crippen LogP) is 5.84. The summed E-state index contributed by atoms with van der Waals surface area (Å²) in [6.45, 7) is -1.31. The first kappa shape index (κ1) is 18.0. The number of ether oxygens (including phenoxy) is 2. The van der Waals surface area contributed by atoms with Gasteiger partial charge in [0.25, 0.3) is 0 Å². The number of hydrogen-bond acceptors (Lipinski definition) is 2. The van der Waals surface area contributed by atoms with E-state index in [0.717, 1.165) is 32.1 Å². The van der Waals surface area contributed by atoms with E-state index in [-0.39, 0.29) is 10.6 Å². The van der Waals surface area contributed by atoms with E-state index in [9.17, 15) is 13.2 Å². The Balaban J connectivity index is 1.68. The predicted molar refractivity (Wildman–Crippen MR) is 94.7 cm³/mol. The third-order valence-electron chi connectivity index (χ3n) is 6.01. The largest absolute Gasteiger partial charge is 0.496 e. The summed E-state index contributed by atoms with van der Waals surface area (Å²) in [6.07, 6.45) is 2.92. The molecule has 0 spiro atoms. The Morgan fingerprint density at radius 1 is 1.15 bits per heavy atom. The summed E-state index contributed by atoms with van der Waals surface area (Å²) >= 11 is 6.79. The fourth-order valence-corrected chi connectivity index (χ4v) is 5.85.